The van der Waals surface area contributed by atoms with Crippen LogP contribution >= 0.6 is 0 Å². The van der Waals surface area contributed by atoms with Crippen molar-refractivity contribution in [3.63, 3.8) is 0 Å². The van der Waals surface area contributed by atoms with Crippen molar-refractivity contribution < 1.29 is 14.0 Å². The number of nitrogens with one attached hydrogen (secondary N) is 1. The molecule has 0 bridgehead atoms. The molecule has 0 spiro atoms. The summed E-state index contributed by atoms with van der Waals surface area (Å²) in [7, 11) is 0. The maximum atomic E-state index is 12.7. The molecule has 1 saturated carbocycles. The summed E-state index contributed by atoms with van der Waals surface area (Å²) in [6.07, 6.45) is 4.80. The Morgan fingerprint density at radius 2 is 1.83 bits per heavy atom. The maximum absolute atomic E-state index is 12.7. The van der Waals surface area contributed by atoms with E-state index in [9.17, 15) is 9.59 Å². The smallest absolute Gasteiger partial charge is 0.229 e. The molecule has 2 fully saturated rings. The van der Waals surface area contributed by atoms with Crippen molar-refractivity contribution in [3.05, 3.63) is 48.5 Å². The van der Waals surface area contributed by atoms with Gasteiger partial charge in [-0.05, 0) is 49.2 Å². The number of oxazole rings is 1. The summed E-state index contributed by atoms with van der Waals surface area (Å²) in [5, 5.41) is 2.95. The Morgan fingerprint density at radius 1 is 1.07 bits per heavy atom. The lowest BCUT2D eigenvalue weighted by molar-refractivity contribution is -0.129. The Labute approximate surface area is 168 Å². The average Bonchev–Trinajstić information content (AvgIpc) is 3.47. The number of aromatic nitrogens is 1. The quantitative estimate of drug-likeness (QED) is 0.725. The van der Waals surface area contributed by atoms with Crippen LogP contribution in [-0.2, 0) is 9.59 Å². The summed E-state index contributed by atoms with van der Waals surface area (Å²) in [5.41, 5.74) is 3.12. The SMILES string of the molecule is O=C(Nc1ccc(-c2nc3ccccc3o2)cc1)C1CC(=O)N(C2CCCC2)C1. The van der Waals surface area contributed by atoms with Gasteiger partial charge in [0.05, 0.1) is 5.92 Å². The molecule has 1 aliphatic heterocycles. The number of benzene rings is 2. The Kier molecular flexibility index (Phi) is 4.54. The van der Waals surface area contributed by atoms with E-state index < -0.39 is 0 Å². The van der Waals surface area contributed by atoms with Crippen LogP contribution in [0.1, 0.15) is 32.1 Å². The third kappa shape index (κ3) is 3.50. The molecule has 2 aliphatic rings. The molecule has 0 radical (unpaired) electrons. The molecule has 1 atom stereocenters. The van der Waals surface area contributed by atoms with E-state index in [1.165, 1.54) is 12.8 Å². The minimum Gasteiger partial charge on any atom is -0.436 e. The zero-order chi connectivity index (χ0) is 19.8. The van der Waals surface area contributed by atoms with Gasteiger partial charge in [0.2, 0.25) is 17.7 Å². The lowest BCUT2D eigenvalue weighted by Gasteiger charge is -2.23. The van der Waals surface area contributed by atoms with E-state index >= 15 is 0 Å². The molecular weight excluding hydrogens is 366 g/mol. The van der Waals surface area contributed by atoms with Crippen molar-refractivity contribution in [2.24, 2.45) is 5.92 Å². The lowest BCUT2D eigenvalue weighted by Crippen LogP contribution is -2.35. The predicted molar refractivity (Wildman–Crippen MR) is 110 cm³/mol. The highest BCUT2D eigenvalue weighted by Gasteiger charge is 2.38. The number of para-hydroxylation sites is 2. The van der Waals surface area contributed by atoms with E-state index in [-0.39, 0.29) is 17.7 Å². The van der Waals surface area contributed by atoms with Crippen LogP contribution < -0.4 is 5.32 Å². The topological polar surface area (TPSA) is 75.4 Å². The number of nitrogens with zero attached hydrogens (tertiary/aromatic N) is 2. The highest BCUT2D eigenvalue weighted by Crippen LogP contribution is 2.30. The fourth-order valence-corrected chi connectivity index (χ4v) is 4.41. The average molecular weight is 389 g/mol. The van der Waals surface area contributed by atoms with E-state index in [1.54, 1.807) is 0 Å². The third-order valence-electron chi connectivity index (χ3n) is 5.99. The molecule has 6 heteroatoms. The number of carbonyl (C=O) groups is 2. The normalized spacial score (nSPS) is 19.9. The molecule has 2 aromatic carbocycles. The van der Waals surface area contributed by atoms with Crippen LogP contribution in [0.15, 0.2) is 52.9 Å². The van der Waals surface area contributed by atoms with Crippen LogP contribution in [0.25, 0.3) is 22.6 Å². The summed E-state index contributed by atoms with van der Waals surface area (Å²) in [4.78, 5) is 31.4. The van der Waals surface area contributed by atoms with Crippen molar-refractivity contribution in [2.45, 2.75) is 38.1 Å². The summed E-state index contributed by atoms with van der Waals surface area (Å²) >= 11 is 0. The number of hydrogen-bond acceptors (Lipinski definition) is 4. The fourth-order valence-electron chi connectivity index (χ4n) is 4.41. The third-order valence-corrected chi connectivity index (χ3v) is 5.99. The Bertz CT molecular complexity index is 1020. The summed E-state index contributed by atoms with van der Waals surface area (Å²) in [6.45, 7) is 0.538. The van der Waals surface area contributed by atoms with Gasteiger partial charge >= 0.3 is 0 Å². The van der Waals surface area contributed by atoms with Crippen molar-refractivity contribution in [1.82, 2.24) is 9.88 Å². The molecule has 3 aromatic rings. The van der Waals surface area contributed by atoms with E-state index in [1.807, 2.05) is 53.4 Å². The Balaban J connectivity index is 1.25. The minimum atomic E-state index is -0.278. The molecule has 2 heterocycles. The number of carbonyl (C=O) groups excluding carboxylic acids is 2. The number of fused-ring (bicyclic) bond motifs is 1. The molecular formula is C23H23N3O3. The first kappa shape index (κ1) is 17.9. The van der Waals surface area contributed by atoms with Crippen molar-refractivity contribution in [2.75, 3.05) is 11.9 Å². The van der Waals surface area contributed by atoms with Crippen molar-refractivity contribution >= 4 is 28.6 Å². The van der Waals surface area contributed by atoms with Gasteiger partial charge in [-0.1, -0.05) is 25.0 Å². The highest BCUT2D eigenvalue weighted by molar-refractivity contribution is 5.97. The molecule has 1 unspecified atom stereocenters. The lowest BCUT2D eigenvalue weighted by atomic mass is 10.1. The van der Waals surface area contributed by atoms with Crippen LogP contribution in [0.5, 0.6) is 0 Å². The van der Waals surface area contributed by atoms with E-state index in [0.29, 0.717) is 30.6 Å². The van der Waals surface area contributed by atoms with Gasteiger partial charge < -0.3 is 14.6 Å². The monoisotopic (exact) mass is 389 g/mol. The Hall–Kier alpha value is -3.15. The van der Waals surface area contributed by atoms with Gasteiger partial charge in [0.1, 0.15) is 5.52 Å². The van der Waals surface area contributed by atoms with Gasteiger partial charge in [-0.3, -0.25) is 9.59 Å². The second kappa shape index (κ2) is 7.35. The van der Waals surface area contributed by atoms with Gasteiger partial charge in [-0.15, -0.1) is 0 Å². The molecule has 2 amide bonds. The molecule has 1 aromatic heterocycles. The first-order chi connectivity index (χ1) is 14.2. The predicted octanol–water partition coefficient (Wildman–Crippen LogP) is 4.22. The minimum absolute atomic E-state index is 0.0894. The van der Waals surface area contributed by atoms with Crippen LogP contribution in [0.2, 0.25) is 0 Å². The van der Waals surface area contributed by atoms with Gasteiger partial charge in [-0.2, -0.15) is 0 Å². The number of likely N-dealkylation sites (tertiary alicyclic amines) is 1. The van der Waals surface area contributed by atoms with Crippen LogP contribution in [0, 0.1) is 5.92 Å². The second-order valence-corrected chi connectivity index (χ2v) is 7.94. The first-order valence-corrected chi connectivity index (χ1v) is 10.2. The van der Waals surface area contributed by atoms with Crippen LogP contribution in [0.4, 0.5) is 5.69 Å². The number of anilines is 1. The molecule has 5 rings (SSSR count). The Morgan fingerprint density at radius 3 is 2.59 bits per heavy atom. The molecule has 1 N–H and O–H groups in total. The van der Waals surface area contributed by atoms with E-state index in [0.717, 1.165) is 29.5 Å². The molecule has 148 valence electrons. The van der Waals surface area contributed by atoms with Crippen LogP contribution in [-0.4, -0.2) is 34.3 Å². The number of hydrogen-bond donors (Lipinski definition) is 1. The summed E-state index contributed by atoms with van der Waals surface area (Å²) < 4.78 is 5.79. The summed E-state index contributed by atoms with van der Waals surface area (Å²) in [5.74, 6) is 0.300. The number of amides is 2. The largest absolute Gasteiger partial charge is 0.436 e. The molecule has 1 saturated heterocycles. The van der Waals surface area contributed by atoms with E-state index in [2.05, 4.69) is 10.3 Å². The first-order valence-electron chi connectivity index (χ1n) is 10.2. The molecule has 1 aliphatic carbocycles. The van der Waals surface area contributed by atoms with Gasteiger partial charge in [0, 0.05) is 30.3 Å². The van der Waals surface area contributed by atoms with Gasteiger partial charge in [0.15, 0.2) is 5.58 Å². The number of rotatable bonds is 4. The molecule has 29 heavy (non-hydrogen) atoms. The van der Waals surface area contributed by atoms with Gasteiger partial charge in [0.25, 0.3) is 0 Å². The zero-order valence-electron chi connectivity index (χ0n) is 16.1. The maximum Gasteiger partial charge on any atom is 0.229 e. The standard InChI is InChI=1S/C23H23N3O3/c27-21-13-16(14-26(21)18-5-1-2-6-18)22(28)24-17-11-9-15(10-12-17)23-25-19-7-3-4-8-20(19)29-23/h3-4,7-12,16,18H,1-2,5-6,13-14H2,(H,24,28). The van der Waals surface area contributed by atoms with Crippen LogP contribution in [0.3, 0.4) is 0 Å². The zero-order valence-corrected chi connectivity index (χ0v) is 16.1. The molecule has 6 nitrogen and oxygen atoms in total. The van der Waals surface area contributed by atoms with Gasteiger partial charge in [-0.25, -0.2) is 4.98 Å². The van der Waals surface area contributed by atoms with Crippen molar-refractivity contribution in [3.8, 4) is 11.5 Å². The van der Waals surface area contributed by atoms with E-state index in [4.69, 9.17) is 4.42 Å². The fraction of sp³-hybridized carbons (Fsp3) is 0.348. The summed E-state index contributed by atoms with van der Waals surface area (Å²) in [6, 6.07) is 15.4. The highest BCUT2D eigenvalue weighted by atomic mass is 16.3. The second-order valence-electron chi connectivity index (χ2n) is 7.94. The van der Waals surface area contributed by atoms with Crippen molar-refractivity contribution in [1.29, 1.82) is 0 Å².